The molecule has 0 bridgehead atoms. The van der Waals surface area contributed by atoms with Crippen LogP contribution in [0, 0.1) is 22.9 Å². The highest BCUT2D eigenvalue weighted by Crippen LogP contribution is 2.39. The molecule has 2 rings (SSSR count). The van der Waals surface area contributed by atoms with Crippen LogP contribution >= 0.6 is 12.4 Å². The maximum Gasteiger partial charge on any atom is 0.161 e. The molecule has 2 N–H and O–H groups in total. The fourth-order valence-electron chi connectivity index (χ4n) is 2.89. The van der Waals surface area contributed by atoms with Gasteiger partial charge in [-0.05, 0) is 6.07 Å². The van der Waals surface area contributed by atoms with Crippen LogP contribution in [0.15, 0.2) is 12.1 Å². The third kappa shape index (κ3) is 3.93. The zero-order chi connectivity index (χ0) is 15.6. The van der Waals surface area contributed by atoms with E-state index in [1.807, 2.05) is 4.90 Å². The molecule has 0 amide bonds. The number of nitrogens with one attached hydrogen (secondary N) is 1. The normalized spacial score (nSPS) is 17.9. The molecule has 1 fully saturated rings. The van der Waals surface area contributed by atoms with Crippen LogP contribution in [0.4, 0.5) is 13.2 Å². The topological polar surface area (TPSA) is 35.5 Å². The predicted molar refractivity (Wildman–Crippen MR) is 81.6 cm³/mol. The zero-order valence-electron chi connectivity index (χ0n) is 12.7. The van der Waals surface area contributed by atoms with Crippen LogP contribution in [0.5, 0.6) is 0 Å². The van der Waals surface area contributed by atoms with Crippen molar-refractivity contribution in [3.8, 4) is 0 Å². The Labute approximate surface area is 134 Å². The van der Waals surface area contributed by atoms with E-state index in [9.17, 15) is 18.3 Å². The van der Waals surface area contributed by atoms with E-state index in [-0.39, 0.29) is 24.6 Å². The van der Waals surface area contributed by atoms with E-state index in [0.717, 1.165) is 19.2 Å². The quantitative estimate of drug-likeness (QED) is 0.828. The minimum atomic E-state index is -1.20. The molecule has 0 unspecified atom stereocenters. The van der Waals surface area contributed by atoms with Crippen LogP contribution in [0.2, 0.25) is 0 Å². The van der Waals surface area contributed by atoms with Crippen LogP contribution in [-0.2, 0) is 0 Å². The van der Waals surface area contributed by atoms with Crippen LogP contribution in [0.25, 0.3) is 0 Å². The van der Waals surface area contributed by atoms with E-state index in [2.05, 4.69) is 5.32 Å². The Hall–Kier alpha value is -0.820. The largest absolute Gasteiger partial charge is 0.396 e. The van der Waals surface area contributed by atoms with Crippen molar-refractivity contribution >= 4 is 12.4 Å². The van der Waals surface area contributed by atoms with E-state index in [0.29, 0.717) is 19.2 Å². The first-order valence-corrected chi connectivity index (χ1v) is 7.07. The van der Waals surface area contributed by atoms with Crippen molar-refractivity contribution in [2.75, 3.05) is 32.8 Å². The smallest absolute Gasteiger partial charge is 0.161 e. The highest BCUT2D eigenvalue weighted by molar-refractivity contribution is 5.85. The third-order valence-corrected chi connectivity index (χ3v) is 4.00. The molecule has 0 saturated carbocycles. The highest BCUT2D eigenvalue weighted by atomic mass is 35.5. The highest BCUT2D eigenvalue weighted by Gasteiger charge is 2.37. The van der Waals surface area contributed by atoms with Gasteiger partial charge in [-0.2, -0.15) is 0 Å². The molecule has 0 radical (unpaired) electrons. The van der Waals surface area contributed by atoms with Gasteiger partial charge in [0.15, 0.2) is 11.6 Å². The number of aliphatic hydroxyl groups is 1. The number of nitrogens with zero attached hydrogens (tertiary/aromatic N) is 1. The lowest BCUT2D eigenvalue weighted by Gasteiger charge is -2.43. The monoisotopic (exact) mass is 338 g/mol. The first kappa shape index (κ1) is 19.2. The van der Waals surface area contributed by atoms with Gasteiger partial charge in [0.2, 0.25) is 0 Å². The van der Waals surface area contributed by atoms with Gasteiger partial charge in [-0.15, -0.1) is 12.4 Å². The van der Waals surface area contributed by atoms with Gasteiger partial charge in [-0.25, -0.2) is 13.2 Å². The molecule has 22 heavy (non-hydrogen) atoms. The van der Waals surface area contributed by atoms with Crippen molar-refractivity contribution < 1.29 is 18.3 Å². The summed E-state index contributed by atoms with van der Waals surface area (Å²) in [6.07, 6.45) is 0. The van der Waals surface area contributed by atoms with Gasteiger partial charge in [0.25, 0.3) is 0 Å². The van der Waals surface area contributed by atoms with Crippen molar-refractivity contribution in [2.45, 2.75) is 19.9 Å². The average Bonchev–Trinajstić information content (AvgIpc) is 2.45. The second-order valence-electron chi connectivity index (χ2n) is 6.12. The second kappa shape index (κ2) is 7.64. The third-order valence-electron chi connectivity index (χ3n) is 4.00. The average molecular weight is 339 g/mol. The molecule has 7 heteroatoms. The van der Waals surface area contributed by atoms with Crippen LogP contribution in [0.3, 0.4) is 0 Å². The van der Waals surface area contributed by atoms with Crippen LogP contribution in [0.1, 0.15) is 25.5 Å². The Morgan fingerprint density at radius 1 is 1.14 bits per heavy atom. The summed E-state index contributed by atoms with van der Waals surface area (Å²) in [5.74, 6) is -3.05. The molecule has 1 aliphatic rings. The molecule has 1 saturated heterocycles. The molecule has 126 valence electrons. The van der Waals surface area contributed by atoms with E-state index in [1.54, 1.807) is 13.8 Å². The van der Waals surface area contributed by atoms with Gasteiger partial charge in [-0.1, -0.05) is 13.8 Å². The maximum absolute atomic E-state index is 14.2. The predicted octanol–water partition coefficient (Wildman–Crippen LogP) is 2.49. The van der Waals surface area contributed by atoms with E-state index < -0.39 is 28.9 Å². The summed E-state index contributed by atoms with van der Waals surface area (Å²) in [7, 11) is 0. The van der Waals surface area contributed by atoms with E-state index >= 15 is 0 Å². The number of hydrogen-bond acceptors (Lipinski definition) is 3. The Kier molecular flexibility index (Phi) is 6.67. The number of halogens is 4. The van der Waals surface area contributed by atoms with Gasteiger partial charge in [0.05, 0.1) is 0 Å². The molecule has 1 heterocycles. The van der Waals surface area contributed by atoms with Crippen molar-refractivity contribution in [3.05, 3.63) is 35.1 Å². The Morgan fingerprint density at radius 3 is 2.23 bits per heavy atom. The minimum Gasteiger partial charge on any atom is -0.396 e. The summed E-state index contributed by atoms with van der Waals surface area (Å²) >= 11 is 0. The minimum absolute atomic E-state index is 0. The number of rotatable bonds is 4. The summed E-state index contributed by atoms with van der Waals surface area (Å²) in [6.45, 7) is 6.20. The lowest BCUT2D eigenvalue weighted by molar-refractivity contribution is 0.0284. The standard InChI is InChI=1S/C15H21F3N2O.ClH/c1-15(2,9-21)14(20-5-3-19-4-6-20)10-7-12(17)13(18)8-11(10)16;/h7-8,14,19,21H,3-6,9H2,1-2H3;1H/t14-;/m1./s1. The molecule has 0 aliphatic carbocycles. The number of piperazine rings is 1. The molecule has 1 aliphatic heterocycles. The Bertz CT molecular complexity index is 508. The van der Waals surface area contributed by atoms with Crippen LogP contribution < -0.4 is 5.32 Å². The SMILES string of the molecule is CC(C)(CO)[C@@H](c1cc(F)c(F)cc1F)N1CCNCC1.Cl. The molecular weight excluding hydrogens is 317 g/mol. The van der Waals surface area contributed by atoms with Gasteiger partial charge < -0.3 is 10.4 Å². The molecule has 0 aromatic heterocycles. The first-order valence-electron chi connectivity index (χ1n) is 7.07. The number of aliphatic hydroxyl groups excluding tert-OH is 1. The summed E-state index contributed by atoms with van der Waals surface area (Å²) in [4.78, 5) is 2.00. The fraction of sp³-hybridized carbons (Fsp3) is 0.600. The molecule has 3 nitrogen and oxygen atoms in total. The van der Waals surface area contributed by atoms with Crippen LogP contribution in [-0.4, -0.2) is 42.8 Å². The molecule has 1 aromatic carbocycles. The van der Waals surface area contributed by atoms with E-state index in [1.165, 1.54) is 0 Å². The maximum atomic E-state index is 14.2. The molecule has 0 spiro atoms. The Balaban J connectivity index is 0.00000242. The van der Waals surface area contributed by atoms with Crippen molar-refractivity contribution in [3.63, 3.8) is 0 Å². The summed E-state index contributed by atoms with van der Waals surface area (Å²) in [6, 6.07) is 0.974. The van der Waals surface area contributed by atoms with Crippen molar-refractivity contribution in [1.29, 1.82) is 0 Å². The molecule has 1 aromatic rings. The van der Waals surface area contributed by atoms with Crippen molar-refractivity contribution in [1.82, 2.24) is 10.2 Å². The zero-order valence-corrected chi connectivity index (χ0v) is 13.5. The van der Waals surface area contributed by atoms with Gasteiger partial charge in [-0.3, -0.25) is 4.90 Å². The molecule has 1 atom stereocenters. The van der Waals surface area contributed by atoms with Crippen molar-refractivity contribution in [2.24, 2.45) is 5.41 Å². The lowest BCUT2D eigenvalue weighted by Crippen LogP contribution is -2.49. The number of hydrogen-bond donors (Lipinski definition) is 2. The van der Waals surface area contributed by atoms with Gasteiger partial charge >= 0.3 is 0 Å². The molecular formula is C15H22ClF3N2O. The van der Waals surface area contributed by atoms with Gasteiger partial charge in [0, 0.05) is 55.9 Å². The summed E-state index contributed by atoms with van der Waals surface area (Å²) in [5, 5.41) is 12.8. The summed E-state index contributed by atoms with van der Waals surface area (Å²) < 4.78 is 40.9. The Morgan fingerprint density at radius 2 is 1.68 bits per heavy atom. The van der Waals surface area contributed by atoms with E-state index in [4.69, 9.17) is 0 Å². The first-order chi connectivity index (χ1) is 9.86. The number of benzene rings is 1. The summed E-state index contributed by atoms with van der Waals surface area (Å²) in [5.41, 5.74) is -0.586. The van der Waals surface area contributed by atoms with Gasteiger partial charge in [0.1, 0.15) is 5.82 Å². The second-order valence-corrected chi connectivity index (χ2v) is 6.12. The lowest BCUT2D eigenvalue weighted by atomic mass is 9.79. The fourth-order valence-corrected chi connectivity index (χ4v) is 2.89.